The highest BCUT2D eigenvalue weighted by Gasteiger charge is 2.23. The minimum Gasteiger partial charge on any atom is -0.364 e. The maximum absolute atomic E-state index is 11.2. The van der Waals surface area contributed by atoms with E-state index >= 15 is 0 Å². The number of amides is 1. The molecule has 24 heavy (non-hydrogen) atoms. The summed E-state index contributed by atoms with van der Waals surface area (Å²) in [5.41, 5.74) is 6.42. The predicted octanol–water partition coefficient (Wildman–Crippen LogP) is 0.245. The van der Waals surface area contributed by atoms with Gasteiger partial charge >= 0.3 is 0 Å². The fourth-order valence-electron chi connectivity index (χ4n) is 2.83. The number of nitrogens with two attached hydrogens (primary N) is 1. The van der Waals surface area contributed by atoms with Gasteiger partial charge in [-0.3, -0.25) is 9.48 Å². The number of primary amides is 1. The number of fused-ring (bicyclic) bond motifs is 1. The average molecular weight is 344 g/mol. The van der Waals surface area contributed by atoms with Crippen LogP contribution >= 0.6 is 11.3 Å². The second-order valence-corrected chi connectivity index (χ2v) is 6.39. The second kappa shape index (κ2) is 5.71. The Kier molecular flexibility index (Phi) is 3.53. The van der Waals surface area contributed by atoms with Gasteiger partial charge in [0, 0.05) is 38.6 Å². The molecule has 0 aliphatic carbocycles. The largest absolute Gasteiger partial charge is 0.364 e. The van der Waals surface area contributed by atoms with Gasteiger partial charge in [-0.2, -0.15) is 5.10 Å². The van der Waals surface area contributed by atoms with Crippen LogP contribution in [0.3, 0.4) is 0 Å². The van der Waals surface area contributed by atoms with Crippen LogP contribution in [-0.2, 0) is 7.05 Å². The Bertz CT molecular complexity index is 895. The molecule has 1 amide bonds. The van der Waals surface area contributed by atoms with Crippen molar-refractivity contribution in [1.82, 2.24) is 24.7 Å². The quantitative estimate of drug-likeness (QED) is 0.725. The first-order valence-corrected chi connectivity index (χ1v) is 8.39. The van der Waals surface area contributed by atoms with Crippen LogP contribution in [0, 0.1) is 0 Å². The summed E-state index contributed by atoms with van der Waals surface area (Å²) in [5, 5.41) is 7.75. The van der Waals surface area contributed by atoms with E-state index in [9.17, 15) is 4.79 Å². The van der Waals surface area contributed by atoms with Crippen LogP contribution in [0.5, 0.6) is 0 Å². The second-order valence-electron chi connectivity index (χ2n) is 5.56. The smallest absolute Gasteiger partial charge is 0.268 e. The van der Waals surface area contributed by atoms with E-state index in [0.717, 1.165) is 48.2 Å². The third-order valence-electron chi connectivity index (χ3n) is 4.10. The van der Waals surface area contributed by atoms with Gasteiger partial charge in [-0.15, -0.1) is 11.3 Å². The summed E-state index contributed by atoms with van der Waals surface area (Å²) in [4.78, 5) is 28.6. The van der Waals surface area contributed by atoms with Gasteiger partial charge in [-0.05, 0) is 0 Å². The van der Waals surface area contributed by atoms with Crippen molar-refractivity contribution in [3.05, 3.63) is 23.6 Å². The minimum atomic E-state index is -0.490. The summed E-state index contributed by atoms with van der Waals surface area (Å²) in [6.07, 6.45) is 3.38. The van der Waals surface area contributed by atoms with Gasteiger partial charge < -0.3 is 15.5 Å². The lowest BCUT2D eigenvalue weighted by atomic mass is 10.3. The first-order chi connectivity index (χ1) is 11.6. The van der Waals surface area contributed by atoms with E-state index in [1.807, 2.05) is 7.05 Å². The standard InChI is InChI=1S/C14H16N8OS/c1-20-12-9(6-18-20)13(17-8-16-12)21-2-4-22(5-3-21)14-19-10(7-24-14)11(15)23/h6-8H,2-5H2,1H3,(H2,15,23). The zero-order chi connectivity index (χ0) is 16.7. The third kappa shape index (κ3) is 2.44. The molecule has 1 aliphatic heterocycles. The molecule has 0 unspecified atom stereocenters. The lowest BCUT2D eigenvalue weighted by molar-refractivity contribution is 0.0996. The van der Waals surface area contributed by atoms with E-state index in [4.69, 9.17) is 5.73 Å². The molecule has 0 aromatic carbocycles. The number of nitrogens with zero attached hydrogens (tertiary/aromatic N) is 7. The monoisotopic (exact) mass is 344 g/mol. The highest BCUT2D eigenvalue weighted by atomic mass is 32.1. The highest BCUT2D eigenvalue weighted by Crippen LogP contribution is 2.26. The minimum absolute atomic E-state index is 0.324. The number of aromatic nitrogens is 5. The first kappa shape index (κ1) is 14.8. The van der Waals surface area contributed by atoms with Gasteiger partial charge in [0.15, 0.2) is 10.8 Å². The lowest BCUT2D eigenvalue weighted by Gasteiger charge is -2.35. The number of rotatable bonds is 3. The highest BCUT2D eigenvalue weighted by molar-refractivity contribution is 7.13. The Morgan fingerprint density at radius 1 is 1.21 bits per heavy atom. The van der Waals surface area contributed by atoms with Gasteiger partial charge in [0.25, 0.3) is 5.91 Å². The molecule has 3 aromatic rings. The summed E-state index contributed by atoms with van der Waals surface area (Å²) in [5.74, 6) is 0.417. The Balaban J connectivity index is 1.52. The number of hydrogen-bond acceptors (Lipinski definition) is 8. The fourth-order valence-corrected chi connectivity index (χ4v) is 3.70. The molecule has 0 bridgehead atoms. The van der Waals surface area contributed by atoms with E-state index in [2.05, 4.69) is 29.9 Å². The SMILES string of the molecule is Cn1ncc2c(N3CCN(c4nc(C(N)=O)cs4)CC3)ncnc21. The number of hydrogen-bond donors (Lipinski definition) is 1. The van der Waals surface area contributed by atoms with E-state index in [1.54, 1.807) is 22.6 Å². The molecule has 0 radical (unpaired) electrons. The molecule has 0 saturated carbocycles. The van der Waals surface area contributed by atoms with Crippen LogP contribution in [0.2, 0.25) is 0 Å². The molecule has 0 spiro atoms. The predicted molar refractivity (Wildman–Crippen MR) is 91.4 cm³/mol. The summed E-state index contributed by atoms with van der Waals surface area (Å²) >= 11 is 1.44. The number of carbonyl (C=O) groups is 1. The van der Waals surface area contributed by atoms with Crippen molar-refractivity contribution in [2.45, 2.75) is 0 Å². The van der Waals surface area contributed by atoms with E-state index in [1.165, 1.54) is 11.3 Å². The van der Waals surface area contributed by atoms with Crippen molar-refractivity contribution in [3.63, 3.8) is 0 Å². The Morgan fingerprint density at radius 2 is 1.96 bits per heavy atom. The van der Waals surface area contributed by atoms with Crippen LogP contribution in [0.4, 0.5) is 10.9 Å². The van der Waals surface area contributed by atoms with Crippen LogP contribution in [0.1, 0.15) is 10.5 Å². The number of thiazole rings is 1. The summed E-state index contributed by atoms with van der Waals surface area (Å²) in [7, 11) is 1.87. The van der Waals surface area contributed by atoms with Gasteiger partial charge in [0.2, 0.25) is 0 Å². The van der Waals surface area contributed by atoms with Gasteiger partial charge in [0.1, 0.15) is 17.8 Å². The number of carbonyl (C=O) groups excluding carboxylic acids is 1. The molecule has 4 heterocycles. The number of anilines is 2. The fraction of sp³-hybridized carbons (Fsp3) is 0.357. The Hall–Kier alpha value is -2.75. The van der Waals surface area contributed by atoms with E-state index in [-0.39, 0.29) is 0 Å². The molecule has 10 heteroatoms. The summed E-state index contributed by atoms with van der Waals surface area (Å²) < 4.78 is 1.75. The topological polar surface area (TPSA) is 106 Å². The van der Waals surface area contributed by atoms with Crippen molar-refractivity contribution in [1.29, 1.82) is 0 Å². The van der Waals surface area contributed by atoms with Crippen molar-refractivity contribution >= 4 is 39.2 Å². The van der Waals surface area contributed by atoms with Gasteiger partial charge in [0.05, 0.1) is 11.6 Å². The van der Waals surface area contributed by atoms with Gasteiger partial charge in [-0.1, -0.05) is 0 Å². The molecule has 3 aromatic heterocycles. The molecule has 124 valence electrons. The third-order valence-corrected chi connectivity index (χ3v) is 5.00. The molecule has 4 rings (SSSR count). The summed E-state index contributed by atoms with van der Waals surface area (Å²) in [6, 6.07) is 0. The molecule has 1 aliphatic rings. The van der Waals surface area contributed by atoms with Gasteiger partial charge in [-0.25, -0.2) is 15.0 Å². The zero-order valence-electron chi connectivity index (χ0n) is 13.1. The first-order valence-electron chi connectivity index (χ1n) is 7.51. The normalized spacial score (nSPS) is 15.2. The molecule has 0 atom stereocenters. The lowest BCUT2D eigenvalue weighted by Crippen LogP contribution is -2.47. The molecule has 1 fully saturated rings. The van der Waals surface area contributed by atoms with E-state index in [0.29, 0.717) is 5.69 Å². The van der Waals surface area contributed by atoms with Crippen molar-refractivity contribution in [3.8, 4) is 0 Å². The number of piperazine rings is 1. The van der Waals surface area contributed by atoms with Crippen LogP contribution in [0.25, 0.3) is 11.0 Å². The maximum Gasteiger partial charge on any atom is 0.268 e. The molecule has 1 saturated heterocycles. The number of aryl methyl sites for hydroxylation is 1. The van der Waals surface area contributed by atoms with Crippen LogP contribution in [0.15, 0.2) is 17.9 Å². The molecule has 9 nitrogen and oxygen atoms in total. The Morgan fingerprint density at radius 3 is 2.67 bits per heavy atom. The van der Waals surface area contributed by atoms with Crippen molar-refractivity contribution < 1.29 is 4.79 Å². The molecular weight excluding hydrogens is 328 g/mol. The zero-order valence-corrected chi connectivity index (χ0v) is 13.9. The van der Waals surface area contributed by atoms with Crippen molar-refractivity contribution in [2.75, 3.05) is 36.0 Å². The van der Waals surface area contributed by atoms with E-state index < -0.39 is 5.91 Å². The average Bonchev–Trinajstić information content (AvgIpc) is 3.23. The summed E-state index contributed by atoms with van der Waals surface area (Å²) in [6.45, 7) is 3.23. The maximum atomic E-state index is 11.2. The molecule has 2 N–H and O–H groups in total. The molecular formula is C14H16N8OS. The van der Waals surface area contributed by atoms with Crippen LogP contribution < -0.4 is 15.5 Å². The van der Waals surface area contributed by atoms with Crippen LogP contribution in [-0.4, -0.2) is 56.8 Å². The van der Waals surface area contributed by atoms with Crippen molar-refractivity contribution in [2.24, 2.45) is 12.8 Å². The Labute approximate surface area is 141 Å².